The Morgan fingerprint density at radius 3 is 2.64 bits per heavy atom. The average molecular weight is 204 g/mol. The summed E-state index contributed by atoms with van der Waals surface area (Å²) in [6.07, 6.45) is 0. The fourth-order valence-electron chi connectivity index (χ4n) is 0.688. The highest BCUT2D eigenvalue weighted by Crippen LogP contribution is 1.79. The monoisotopic (exact) mass is 204 g/mol. The molecule has 0 saturated heterocycles. The Bertz CT molecular complexity index is 196. The van der Waals surface area contributed by atoms with Gasteiger partial charge in [0.05, 0.1) is 13.2 Å². The molecule has 0 aromatic heterocycles. The smallest absolute Gasteiger partial charge is 0.320 e. The van der Waals surface area contributed by atoms with Crippen molar-refractivity contribution in [1.29, 1.82) is 0 Å². The molecule has 0 heterocycles. The highest BCUT2D eigenvalue weighted by molar-refractivity contribution is 5.79. The third-order valence-corrected chi connectivity index (χ3v) is 1.57. The molecule has 0 aliphatic carbocycles. The van der Waals surface area contributed by atoms with Gasteiger partial charge in [0.15, 0.2) is 0 Å². The van der Waals surface area contributed by atoms with E-state index in [1.165, 1.54) is 14.0 Å². The van der Waals surface area contributed by atoms with Crippen molar-refractivity contribution >= 4 is 11.9 Å². The Morgan fingerprint density at radius 1 is 1.50 bits per heavy atom. The van der Waals surface area contributed by atoms with Gasteiger partial charge >= 0.3 is 5.97 Å². The van der Waals surface area contributed by atoms with Crippen molar-refractivity contribution < 1.29 is 19.4 Å². The van der Waals surface area contributed by atoms with Gasteiger partial charge in [-0.05, 0) is 6.92 Å². The average Bonchev–Trinajstić information content (AvgIpc) is 2.14. The Balaban J connectivity index is 3.48. The van der Waals surface area contributed by atoms with E-state index in [0.29, 0.717) is 13.2 Å². The van der Waals surface area contributed by atoms with Crippen LogP contribution in [0.2, 0.25) is 0 Å². The lowest BCUT2D eigenvalue weighted by Gasteiger charge is -2.08. The molecular weight excluding hydrogens is 188 g/mol. The van der Waals surface area contributed by atoms with Gasteiger partial charge in [0.1, 0.15) is 6.04 Å². The molecule has 0 unspecified atom stereocenters. The van der Waals surface area contributed by atoms with Crippen LogP contribution in [0.15, 0.2) is 0 Å². The topological polar surface area (TPSA) is 87.7 Å². The van der Waals surface area contributed by atoms with Crippen LogP contribution in [0.5, 0.6) is 0 Å². The molecule has 0 aliphatic heterocycles. The van der Waals surface area contributed by atoms with E-state index in [4.69, 9.17) is 9.84 Å². The SMILES string of the molecule is COCCNC(=O)CN[C@H](C)C(=O)O. The number of methoxy groups -OCH3 is 1. The molecule has 82 valence electrons. The third-order valence-electron chi connectivity index (χ3n) is 1.57. The second-order valence-corrected chi connectivity index (χ2v) is 2.78. The zero-order chi connectivity index (χ0) is 11.0. The van der Waals surface area contributed by atoms with Crippen molar-refractivity contribution in [2.45, 2.75) is 13.0 Å². The number of amides is 1. The van der Waals surface area contributed by atoms with E-state index in [0.717, 1.165) is 0 Å². The number of carbonyl (C=O) groups is 2. The van der Waals surface area contributed by atoms with Crippen molar-refractivity contribution in [2.75, 3.05) is 26.8 Å². The number of carboxylic acid groups (broad SMARTS) is 1. The molecule has 0 aromatic rings. The summed E-state index contributed by atoms with van der Waals surface area (Å²) in [4.78, 5) is 21.4. The highest BCUT2D eigenvalue weighted by atomic mass is 16.5. The largest absolute Gasteiger partial charge is 0.480 e. The molecule has 0 aliphatic rings. The van der Waals surface area contributed by atoms with Crippen LogP contribution in [0.25, 0.3) is 0 Å². The molecule has 0 fully saturated rings. The van der Waals surface area contributed by atoms with E-state index in [-0.39, 0.29) is 12.5 Å². The molecule has 6 nitrogen and oxygen atoms in total. The van der Waals surface area contributed by atoms with Gasteiger partial charge in [-0.25, -0.2) is 0 Å². The molecule has 6 heteroatoms. The van der Waals surface area contributed by atoms with Gasteiger partial charge in [-0.1, -0.05) is 0 Å². The molecule has 1 amide bonds. The first kappa shape index (κ1) is 12.9. The lowest BCUT2D eigenvalue weighted by atomic mass is 10.3. The summed E-state index contributed by atoms with van der Waals surface area (Å²) in [5.41, 5.74) is 0. The number of ether oxygens (including phenoxy) is 1. The van der Waals surface area contributed by atoms with E-state index in [1.807, 2.05) is 0 Å². The number of aliphatic carboxylic acids is 1. The molecule has 0 radical (unpaired) electrons. The van der Waals surface area contributed by atoms with Crippen LogP contribution in [0.4, 0.5) is 0 Å². The third kappa shape index (κ3) is 6.38. The van der Waals surface area contributed by atoms with Gasteiger partial charge in [-0.3, -0.25) is 14.9 Å². The second-order valence-electron chi connectivity index (χ2n) is 2.78. The van der Waals surface area contributed by atoms with Crippen molar-refractivity contribution in [2.24, 2.45) is 0 Å². The molecule has 3 N–H and O–H groups in total. The van der Waals surface area contributed by atoms with Crippen LogP contribution in [0, 0.1) is 0 Å². The van der Waals surface area contributed by atoms with Crippen molar-refractivity contribution in [3.05, 3.63) is 0 Å². The maximum Gasteiger partial charge on any atom is 0.320 e. The van der Waals surface area contributed by atoms with Crippen LogP contribution >= 0.6 is 0 Å². The first-order valence-electron chi connectivity index (χ1n) is 4.29. The van der Waals surface area contributed by atoms with Crippen molar-refractivity contribution in [1.82, 2.24) is 10.6 Å². The zero-order valence-electron chi connectivity index (χ0n) is 8.37. The van der Waals surface area contributed by atoms with Gasteiger partial charge < -0.3 is 15.2 Å². The van der Waals surface area contributed by atoms with E-state index < -0.39 is 12.0 Å². The summed E-state index contributed by atoms with van der Waals surface area (Å²) in [6.45, 7) is 2.35. The van der Waals surface area contributed by atoms with Crippen LogP contribution < -0.4 is 10.6 Å². The summed E-state index contributed by atoms with van der Waals surface area (Å²) >= 11 is 0. The maximum atomic E-state index is 11.0. The predicted molar refractivity (Wildman–Crippen MR) is 50.0 cm³/mol. The highest BCUT2D eigenvalue weighted by Gasteiger charge is 2.10. The van der Waals surface area contributed by atoms with Crippen LogP contribution in [-0.2, 0) is 14.3 Å². The summed E-state index contributed by atoms with van der Waals surface area (Å²) < 4.78 is 4.73. The predicted octanol–water partition coefficient (Wildman–Crippen LogP) is -1.19. The molecule has 0 spiro atoms. The molecule has 0 rings (SSSR count). The first-order valence-corrected chi connectivity index (χ1v) is 4.29. The van der Waals surface area contributed by atoms with Crippen LogP contribution in [0.1, 0.15) is 6.92 Å². The molecule has 0 saturated carbocycles. The Morgan fingerprint density at radius 2 is 2.14 bits per heavy atom. The first-order chi connectivity index (χ1) is 6.57. The summed E-state index contributed by atoms with van der Waals surface area (Å²) in [7, 11) is 1.54. The van der Waals surface area contributed by atoms with Crippen LogP contribution in [-0.4, -0.2) is 49.8 Å². The number of carbonyl (C=O) groups excluding carboxylic acids is 1. The van der Waals surface area contributed by atoms with Crippen molar-refractivity contribution in [3.63, 3.8) is 0 Å². The standard InChI is InChI=1S/C8H16N2O4/c1-6(8(12)13)10-5-7(11)9-3-4-14-2/h6,10H,3-5H2,1-2H3,(H,9,11)(H,12,13)/t6-/m1/s1. The Kier molecular flexibility index (Phi) is 6.69. The molecule has 1 atom stereocenters. The van der Waals surface area contributed by atoms with Gasteiger partial charge in [-0.15, -0.1) is 0 Å². The summed E-state index contributed by atoms with van der Waals surface area (Å²) in [5, 5.41) is 13.6. The minimum Gasteiger partial charge on any atom is -0.480 e. The molecule has 0 aromatic carbocycles. The quantitative estimate of drug-likeness (QED) is 0.454. The number of hydrogen-bond donors (Lipinski definition) is 3. The lowest BCUT2D eigenvalue weighted by Crippen LogP contribution is -2.42. The van der Waals surface area contributed by atoms with Gasteiger partial charge in [0.2, 0.25) is 5.91 Å². The van der Waals surface area contributed by atoms with Crippen molar-refractivity contribution in [3.8, 4) is 0 Å². The lowest BCUT2D eigenvalue weighted by molar-refractivity contribution is -0.139. The Hall–Kier alpha value is -1.14. The van der Waals surface area contributed by atoms with E-state index in [1.54, 1.807) is 0 Å². The Labute approximate surface area is 82.6 Å². The molecular formula is C8H16N2O4. The number of nitrogens with one attached hydrogen (secondary N) is 2. The van der Waals surface area contributed by atoms with Crippen LogP contribution in [0.3, 0.4) is 0 Å². The van der Waals surface area contributed by atoms with Gasteiger partial charge in [0, 0.05) is 13.7 Å². The van der Waals surface area contributed by atoms with Gasteiger partial charge in [-0.2, -0.15) is 0 Å². The van der Waals surface area contributed by atoms with E-state index >= 15 is 0 Å². The second kappa shape index (κ2) is 7.28. The minimum atomic E-state index is -0.977. The summed E-state index contributed by atoms with van der Waals surface area (Å²) in [5.74, 6) is -1.22. The van der Waals surface area contributed by atoms with Gasteiger partial charge in [0.25, 0.3) is 0 Å². The van der Waals surface area contributed by atoms with E-state index in [2.05, 4.69) is 10.6 Å². The number of carboxylic acids is 1. The molecule has 14 heavy (non-hydrogen) atoms. The number of hydrogen-bond acceptors (Lipinski definition) is 4. The fourth-order valence-corrected chi connectivity index (χ4v) is 0.688. The zero-order valence-corrected chi connectivity index (χ0v) is 8.37. The normalized spacial score (nSPS) is 12.1. The summed E-state index contributed by atoms with van der Waals surface area (Å²) in [6, 6.07) is -0.719. The minimum absolute atomic E-state index is 0.00280. The molecule has 0 bridgehead atoms. The van der Waals surface area contributed by atoms with E-state index in [9.17, 15) is 9.59 Å². The maximum absolute atomic E-state index is 11.0. The fraction of sp³-hybridized carbons (Fsp3) is 0.750. The number of rotatable bonds is 7.